The fourth-order valence-corrected chi connectivity index (χ4v) is 11.8. The third-order valence-corrected chi connectivity index (χ3v) is 14.3. The molecule has 0 amide bonds. The molecule has 0 aromatic heterocycles. The summed E-state index contributed by atoms with van der Waals surface area (Å²) in [7, 11) is -6.01. The lowest BCUT2D eigenvalue weighted by Gasteiger charge is -2.45. The number of carbonyl (C=O) groups excluding carboxylic acids is 1. The Labute approximate surface area is 253 Å². The Morgan fingerprint density at radius 2 is 1.53 bits per heavy atom. The zero-order valence-electron chi connectivity index (χ0n) is 24.8. The first-order chi connectivity index (χ1) is 20.4. The lowest BCUT2D eigenvalue weighted by Crippen LogP contribution is -2.67. The van der Waals surface area contributed by atoms with Crippen LogP contribution in [0.4, 0.5) is 5.69 Å². The molecule has 230 valence electrons. The number of hydrogen-bond acceptors (Lipinski definition) is 8. The molecule has 0 radical (unpaired) electrons. The number of nitrogens with one attached hydrogen (secondary N) is 1. The van der Waals surface area contributed by atoms with Gasteiger partial charge in [0.15, 0.2) is 4.90 Å². The highest BCUT2D eigenvalue weighted by Gasteiger charge is 2.51. The van der Waals surface area contributed by atoms with Gasteiger partial charge in [-0.2, -0.15) is 0 Å². The van der Waals surface area contributed by atoms with E-state index in [0.29, 0.717) is 12.8 Å². The Morgan fingerprint density at radius 1 is 0.977 bits per heavy atom. The molecule has 0 bridgehead atoms. The fourth-order valence-electron chi connectivity index (χ4n) is 5.74. The molecule has 1 aliphatic heterocycles. The lowest BCUT2D eigenvalue weighted by molar-refractivity contribution is -0.387. The van der Waals surface area contributed by atoms with Gasteiger partial charge in [-0.05, 0) is 34.3 Å². The summed E-state index contributed by atoms with van der Waals surface area (Å²) in [5.74, 6) is -0.435. The minimum absolute atomic E-state index is 0.00976. The van der Waals surface area contributed by atoms with Gasteiger partial charge in [0.1, 0.15) is 0 Å². The van der Waals surface area contributed by atoms with E-state index < -0.39 is 58.1 Å². The van der Waals surface area contributed by atoms with Crippen molar-refractivity contribution in [2.45, 2.75) is 68.2 Å². The molecule has 4 rings (SSSR count). The maximum absolute atomic E-state index is 13.5. The minimum atomic E-state index is -4.31. The number of nitro benzene ring substituents is 1. The van der Waals surface area contributed by atoms with Gasteiger partial charge in [-0.25, -0.2) is 13.1 Å². The second kappa shape index (κ2) is 13.5. The van der Waals surface area contributed by atoms with E-state index in [4.69, 9.17) is 13.9 Å². The second-order valence-corrected chi connectivity index (χ2v) is 17.6. The molecule has 1 fully saturated rings. The molecule has 1 aliphatic rings. The molecule has 0 spiro atoms. The summed E-state index contributed by atoms with van der Waals surface area (Å²) < 4.78 is 47.9. The van der Waals surface area contributed by atoms with Gasteiger partial charge in [0.25, 0.3) is 14.0 Å². The number of hydrogen-bond donors (Lipinski definition) is 1. The van der Waals surface area contributed by atoms with E-state index in [0.717, 1.165) is 16.4 Å². The molecular weight excluding hydrogens is 589 g/mol. The van der Waals surface area contributed by atoms with Gasteiger partial charge in [0.2, 0.25) is 10.0 Å². The van der Waals surface area contributed by atoms with Gasteiger partial charge >= 0.3 is 5.97 Å². The highest BCUT2D eigenvalue weighted by atomic mass is 32.2. The predicted octanol–water partition coefficient (Wildman–Crippen LogP) is 3.93. The lowest BCUT2D eigenvalue weighted by atomic mass is 9.98. The van der Waals surface area contributed by atoms with E-state index in [9.17, 15) is 23.3 Å². The standard InChI is InChI=1S/C31H38N2O8SSi/c1-31(2,3)43(24-13-7-5-8-14-24,25-15-9-6-10-16-25)40-22-28-26(20-19-23(41-28)21-30(34)39-4)32-42(37,38)29-18-12-11-17-27(29)33(35)36/h5-18,23,26,28,32H,19-22H2,1-4H3. The van der Waals surface area contributed by atoms with Gasteiger partial charge in [0.05, 0.1) is 43.3 Å². The molecule has 1 N–H and O–H groups in total. The van der Waals surface area contributed by atoms with Gasteiger partial charge in [0, 0.05) is 6.07 Å². The summed E-state index contributed by atoms with van der Waals surface area (Å²) in [6.07, 6.45) is -0.573. The van der Waals surface area contributed by atoms with Gasteiger partial charge < -0.3 is 13.9 Å². The number of nitrogens with zero attached hydrogens (tertiary/aromatic N) is 1. The highest BCUT2D eigenvalue weighted by Crippen LogP contribution is 2.37. The van der Waals surface area contributed by atoms with Crippen molar-refractivity contribution in [3.05, 3.63) is 95.0 Å². The Hall–Kier alpha value is -3.42. The van der Waals surface area contributed by atoms with Crippen LogP contribution in [0.5, 0.6) is 0 Å². The zero-order chi connectivity index (χ0) is 31.3. The molecule has 3 unspecified atom stereocenters. The van der Waals surface area contributed by atoms with Crippen LogP contribution in [0.3, 0.4) is 0 Å². The summed E-state index contributed by atoms with van der Waals surface area (Å²) in [5, 5.41) is 13.4. The monoisotopic (exact) mass is 626 g/mol. The number of para-hydroxylation sites is 1. The van der Waals surface area contributed by atoms with E-state index >= 15 is 0 Å². The van der Waals surface area contributed by atoms with Crippen LogP contribution in [0.25, 0.3) is 0 Å². The normalized spacial score (nSPS) is 19.5. The van der Waals surface area contributed by atoms with Crippen molar-refractivity contribution in [3.63, 3.8) is 0 Å². The first-order valence-corrected chi connectivity index (χ1v) is 17.5. The van der Waals surface area contributed by atoms with Crippen LogP contribution in [0.2, 0.25) is 5.04 Å². The van der Waals surface area contributed by atoms with Crippen LogP contribution in [0.15, 0.2) is 89.8 Å². The van der Waals surface area contributed by atoms with Crippen molar-refractivity contribution in [1.82, 2.24) is 4.72 Å². The molecular formula is C31H38N2O8SSi. The molecule has 0 saturated carbocycles. The van der Waals surface area contributed by atoms with Crippen molar-refractivity contribution in [2.24, 2.45) is 0 Å². The highest BCUT2D eigenvalue weighted by molar-refractivity contribution is 7.89. The third kappa shape index (κ3) is 7.22. The number of ether oxygens (including phenoxy) is 2. The summed E-state index contributed by atoms with van der Waals surface area (Å²) >= 11 is 0. The molecule has 3 aromatic carbocycles. The molecule has 10 nitrogen and oxygen atoms in total. The fraction of sp³-hybridized carbons (Fsp3) is 0.387. The molecule has 3 aromatic rings. The van der Waals surface area contributed by atoms with Crippen molar-refractivity contribution < 1.29 is 32.0 Å². The average Bonchev–Trinajstić information content (AvgIpc) is 2.99. The second-order valence-electron chi connectivity index (χ2n) is 11.6. The Kier molecular flexibility index (Phi) is 10.2. The quantitative estimate of drug-likeness (QED) is 0.147. The minimum Gasteiger partial charge on any atom is -0.469 e. The summed E-state index contributed by atoms with van der Waals surface area (Å²) in [4.78, 5) is 22.6. The first-order valence-electron chi connectivity index (χ1n) is 14.1. The third-order valence-electron chi connectivity index (χ3n) is 7.78. The SMILES string of the molecule is COC(=O)CC1CCC(NS(=O)(=O)c2ccccc2[N+](=O)[O-])C(CO[Si](c2ccccc2)(c2ccccc2)C(C)(C)C)O1. The van der Waals surface area contributed by atoms with Crippen molar-refractivity contribution in [3.8, 4) is 0 Å². The number of esters is 1. The Bertz CT molecular complexity index is 1470. The van der Waals surface area contributed by atoms with Crippen molar-refractivity contribution in [1.29, 1.82) is 0 Å². The Morgan fingerprint density at radius 3 is 2.07 bits per heavy atom. The van der Waals surface area contributed by atoms with Crippen LogP contribution >= 0.6 is 0 Å². The number of methoxy groups -OCH3 is 1. The molecule has 12 heteroatoms. The number of rotatable bonds is 11. The zero-order valence-corrected chi connectivity index (χ0v) is 26.6. The molecule has 1 saturated heterocycles. The van der Waals surface area contributed by atoms with Crippen LogP contribution in [-0.4, -0.2) is 59.6 Å². The number of nitro groups is 1. The van der Waals surface area contributed by atoms with Gasteiger partial charge in [-0.3, -0.25) is 14.9 Å². The molecule has 3 atom stereocenters. The van der Waals surface area contributed by atoms with Gasteiger partial charge in [-0.1, -0.05) is 93.6 Å². The first kappa shape index (κ1) is 32.5. The predicted molar refractivity (Wildman–Crippen MR) is 165 cm³/mol. The smallest absolute Gasteiger partial charge is 0.308 e. The van der Waals surface area contributed by atoms with Crippen LogP contribution in [0, 0.1) is 10.1 Å². The van der Waals surface area contributed by atoms with Crippen LogP contribution in [-0.2, 0) is 28.7 Å². The van der Waals surface area contributed by atoms with E-state index in [1.807, 2.05) is 36.4 Å². The van der Waals surface area contributed by atoms with E-state index in [1.165, 1.54) is 25.3 Å². The maximum Gasteiger partial charge on any atom is 0.308 e. The van der Waals surface area contributed by atoms with Crippen LogP contribution < -0.4 is 15.1 Å². The largest absolute Gasteiger partial charge is 0.469 e. The number of sulfonamides is 1. The van der Waals surface area contributed by atoms with Crippen molar-refractivity contribution >= 4 is 40.4 Å². The molecule has 43 heavy (non-hydrogen) atoms. The number of benzene rings is 3. The summed E-state index contributed by atoms with van der Waals surface area (Å²) in [6.45, 7) is 6.43. The molecule has 0 aliphatic carbocycles. The topological polar surface area (TPSA) is 134 Å². The number of carbonyl (C=O) groups is 1. The summed E-state index contributed by atoms with van der Waals surface area (Å²) in [5.41, 5.74) is -0.518. The van der Waals surface area contributed by atoms with E-state index in [2.05, 4.69) is 49.8 Å². The van der Waals surface area contributed by atoms with Gasteiger partial charge in [-0.15, -0.1) is 0 Å². The maximum atomic E-state index is 13.5. The Balaban J connectivity index is 1.72. The van der Waals surface area contributed by atoms with Crippen molar-refractivity contribution in [2.75, 3.05) is 13.7 Å². The molecule has 1 heterocycles. The average molecular weight is 627 g/mol. The van der Waals surface area contributed by atoms with E-state index in [-0.39, 0.29) is 18.1 Å². The van der Waals surface area contributed by atoms with Crippen LogP contribution in [0.1, 0.15) is 40.0 Å². The van der Waals surface area contributed by atoms with E-state index in [1.54, 1.807) is 0 Å². The summed E-state index contributed by atoms with van der Waals surface area (Å²) in [6, 6.07) is 24.5.